The number of aliphatic hydroxyl groups is 1. The molecule has 4 heteroatoms. The van der Waals surface area contributed by atoms with Crippen LogP contribution in [-0.4, -0.2) is 10.1 Å². The molecule has 0 radical (unpaired) electrons. The minimum Gasteiger partial charge on any atom is -0.383 e. The Balaban J connectivity index is 2.46. The van der Waals surface area contributed by atoms with Crippen LogP contribution in [0.25, 0.3) is 0 Å². The molecule has 0 saturated heterocycles. The Bertz CT molecular complexity index is 467. The van der Waals surface area contributed by atoms with E-state index in [1.807, 2.05) is 0 Å². The standard InChI is InChI=1S/C12H9F2NO/c13-9-2-1-3-10(14)11(9)12(16)8-4-6-15-7-5-8/h1-7,12,16H. The Kier molecular flexibility index (Phi) is 2.92. The van der Waals surface area contributed by atoms with E-state index in [0.717, 1.165) is 12.1 Å². The summed E-state index contributed by atoms with van der Waals surface area (Å²) in [4.78, 5) is 3.77. The molecule has 1 N–H and O–H groups in total. The predicted octanol–water partition coefficient (Wildman–Crippen LogP) is 2.44. The zero-order valence-corrected chi connectivity index (χ0v) is 8.27. The summed E-state index contributed by atoms with van der Waals surface area (Å²) in [6.45, 7) is 0. The molecule has 0 amide bonds. The molecule has 0 spiro atoms. The van der Waals surface area contributed by atoms with Gasteiger partial charge in [-0.2, -0.15) is 0 Å². The van der Waals surface area contributed by atoms with Gasteiger partial charge in [-0.3, -0.25) is 4.98 Å². The molecular formula is C12H9F2NO. The summed E-state index contributed by atoms with van der Waals surface area (Å²) in [5.74, 6) is -1.52. The maximum absolute atomic E-state index is 13.4. The summed E-state index contributed by atoms with van der Waals surface area (Å²) >= 11 is 0. The van der Waals surface area contributed by atoms with Crippen molar-refractivity contribution in [1.29, 1.82) is 0 Å². The Labute approximate surface area is 91.2 Å². The minimum absolute atomic E-state index is 0.339. The fraction of sp³-hybridized carbons (Fsp3) is 0.0833. The lowest BCUT2D eigenvalue weighted by Crippen LogP contribution is -2.05. The van der Waals surface area contributed by atoms with Crippen molar-refractivity contribution in [2.45, 2.75) is 6.10 Å². The molecule has 1 aromatic carbocycles. The number of hydrogen-bond acceptors (Lipinski definition) is 2. The third-order valence-corrected chi connectivity index (χ3v) is 2.29. The minimum atomic E-state index is -1.32. The topological polar surface area (TPSA) is 33.1 Å². The van der Waals surface area contributed by atoms with Crippen LogP contribution in [0, 0.1) is 11.6 Å². The largest absolute Gasteiger partial charge is 0.383 e. The van der Waals surface area contributed by atoms with Crippen LogP contribution in [-0.2, 0) is 0 Å². The monoisotopic (exact) mass is 221 g/mol. The first-order chi connectivity index (χ1) is 7.70. The van der Waals surface area contributed by atoms with Gasteiger partial charge in [-0.05, 0) is 29.8 Å². The molecule has 1 aromatic heterocycles. The molecule has 2 aromatic rings. The molecule has 1 unspecified atom stereocenters. The van der Waals surface area contributed by atoms with Crippen molar-refractivity contribution in [3.8, 4) is 0 Å². The first-order valence-corrected chi connectivity index (χ1v) is 4.72. The van der Waals surface area contributed by atoms with Crippen LogP contribution in [0.4, 0.5) is 8.78 Å². The van der Waals surface area contributed by atoms with Crippen molar-refractivity contribution in [3.63, 3.8) is 0 Å². The highest BCUT2D eigenvalue weighted by Crippen LogP contribution is 2.25. The average molecular weight is 221 g/mol. The fourth-order valence-electron chi connectivity index (χ4n) is 1.48. The van der Waals surface area contributed by atoms with E-state index in [1.165, 1.54) is 30.6 Å². The quantitative estimate of drug-likeness (QED) is 0.844. The third-order valence-electron chi connectivity index (χ3n) is 2.29. The van der Waals surface area contributed by atoms with Gasteiger partial charge >= 0.3 is 0 Å². The second kappa shape index (κ2) is 4.37. The van der Waals surface area contributed by atoms with Crippen LogP contribution in [0.3, 0.4) is 0 Å². The fourth-order valence-corrected chi connectivity index (χ4v) is 1.48. The molecule has 0 bridgehead atoms. The molecule has 0 aliphatic rings. The van der Waals surface area contributed by atoms with Gasteiger partial charge < -0.3 is 5.11 Å². The number of benzene rings is 1. The smallest absolute Gasteiger partial charge is 0.132 e. The average Bonchev–Trinajstić information content (AvgIpc) is 2.30. The zero-order chi connectivity index (χ0) is 11.5. The van der Waals surface area contributed by atoms with E-state index in [1.54, 1.807) is 0 Å². The van der Waals surface area contributed by atoms with E-state index in [9.17, 15) is 13.9 Å². The van der Waals surface area contributed by atoms with E-state index in [2.05, 4.69) is 4.98 Å². The van der Waals surface area contributed by atoms with Crippen LogP contribution in [0.2, 0.25) is 0 Å². The lowest BCUT2D eigenvalue weighted by Gasteiger charge is -2.12. The second-order valence-corrected chi connectivity index (χ2v) is 3.32. The lowest BCUT2D eigenvalue weighted by atomic mass is 10.0. The SMILES string of the molecule is OC(c1ccncc1)c1c(F)cccc1F. The van der Waals surface area contributed by atoms with E-state index in [0.29, 0.717) is 5.56 Å². The number of pyridine rings is 1. The van der Waals surface area contributed by atoms with Crippen molar-refractivity contribution < 1.29 is 13.9 Å². The molecule has 16 heavy (non-hydrogen) atoms. The number of halogens is 2. The second-order valence-electron chi connectivity index (χ2n) is 3.32. The molecule has 1 heterocycles. The van der Waals surface area contributed by atoms with Crippen molar-refractivity contribution in [2.75, 3.05) is 0 Å². The Morgan fingerprint density at radius 3 is 2.12 bits per heavy atom. The molecular weight excluding hydrogens is 212 g/mol. The number of hydrogen-bond donors (Lipinski definition) is 1. The summed E-state index contributed by atoms with van der Waals surface area (Å²) < 4.78 is 26.7. The first kappa shape index (κ1) is 10.7. The van der Waals surface area contributed by atoms with Crippen molar-refractivity contribution >= 4 is 0 Å². The molecule has 0 aliphatic carbocycles. The Hall–Kier alpha value is -1.81. The maximum Gasteiger partial charge on any atom is 0.132 e. The van der Waals surface area contributed by atoms with Crippen LogP contribution < -0.4 is 0 Å². The highest BCUT2D eigenvalue weighted by atomic mass is 19.1. The van der Waals surface area contributed by atoms with Crippen LogP contribution in [0.1, 0.15) is 17.2 Å². The van der Waals surface area contributed by atoms with Crippen molar-refractivity contribution in [3.05, 3.63) is 65.5 Å². The Morgan fingerprint density at radius 1 is 1.00 bits per heavy atom. The van der Waals surface area contributed by atoms with Crippen molar-refractivity contribution in [2.24, 2.45) is 0 Å². The van der Waals surface area contributed by atoms with Crippen LogP contribution >= 0.6 is 0 Å². The normalized spacial score (nSPS) is 12.4. The highest BCUT2D eigenvalue weighted by molar-refractivity contribution is 5.30. The van der Waals surface area contributed by atoms with Crippen LogP contribution in [0.15, 0.2) is 42.7 Å². The summed E-state index contributed by atoms with van der Waals surface area (Å²) in [7, 11) is 0. The number of rotatable bonds is 2. The van der Waals surface area contributed by atoms with Gasteiger partial charge in [-0.1, -0.05) is 6.07 Å². The van der Waals surface area contributed by atoms with E-state index in [-0.39, 0.29) is 5.56 Å². The summed E-state index contributed by atoms with van der Waals surface area (Å²) in [6, 6.07) is 6.51. The first-order valence-electron chi connectivity index (χ1n) is 4.72. The molecule has 0 saturated carbocycles. The van der Waals surface area contributed by atoms with Gasteiger partial charge in [0.15, 0.2) is 0 Å². The van der Waals surface area contributed by atoms with Gasteiger partial charge in [0, 0.05) is 12.4 Å². The van der Waals surface area contributed by atoms with E-state index < -0.39 is 17.7 Å². The molecule has 0 aliphatic heterocycles. The predicted molar refractivity (Wildman–Crippen MR) is 54.7 cm³/mol. The molecule has 2 rings (SSSR count). The van der Waals surface area contributed by atoms with E-state index in [4.69, 9.17) is 0 Å². The Morgan fingerprint density at radius 2 is 1.56 bits per heavy atom. The summed E-state index contributed by atoms with van der Waals surface area (Å²) in [6.07, 6.45) is 1.60. The van der Waals surface area contributed by atoms with Gasteiger partial charge in [0.1, 0.15) is 17.7 Å². The van der Waals surface area contributed by atoms with E-state index >= 15 is 0 Å². The molecule has 0 fully saturated rings. The molecule has 1 atom stereocenters. The number of aliphatic hydroxyl groups excluding tert-OH is 1. The van der Waals surface area contributed by atoms with Crippen LogP contribution in [0.5, 0.6) is 0 Å². The van der Waals surface area contributed by atoms with Gasteiger partial charge in [0.25, 0.3) is 0 Å². The third kappa shape index (κ3) is 1.92. The zero-order valence-electron chi connectivity index (χ0n) is 8.27. The van der Waals surface area contributed by atoms with Gasteiger partial charge in [-0.25, -0.2) is 8.78 Å². The summed E-state index contributed by atoms with van der Waals surface area (Å²) in [5.41, 5.74) is 0.0627. The van der Waals surface area contributed by atoms with Gasteiger partial charge in [0.05, 0.1) is 5.56 Å². The highest BCUT2D eigenvalue weighted by Gasteiger charge is 2.18. The molecule has 82 valence electrons. The lowest BCUT2D eigenvalue weighted by molar-refractivity contribution is 0.209. The summed E-state index contributed by atoms with van der Waals surface area (Å²) in [5, 5.41) is 9.85. The van der Waals surface area contributed by atoms with Gasteiger partial charge in [0.2, 0.25) is 0 Å². The molecule has 2 nitrogen and oxygen atoms in total. The van der Waals surface area contributed by atoms with Crippen molar-refractivity contribution in [1.82, 2.24) is 4.98 Å². The number of nitrogens with zero attached hydrogens (tertiary/aromatic N) is 1. The van der Waals surface area contributed by atoms with Gasteiger partial charge in [-0.15, -0.1) is 0 Å². The maximum atomic E-state index is 13.4. The number of aromatic nitrogens is 1.